The summed E-state index contributed by atoms with van der Waals surface area (Å²) in [6.45, 7) is 8.24. The Morgan fingerprint density at radius 1 is 1.03 bits per heavy atom. The number of carbonyl (C=O) groups excluding carboxylic acids is 3. The molecule has 1 fully saturated rings. The van der Waals surface area contributed by atoms with Gasteiger partial charge in [0.2, 0.25) is 16.9 Å². The van der Waals surface area contributed by atoms with Crippen molar-refractivity contribution in [2.24, 2.45) is 5.92 Å². The van der Waals surface area contributed by atoms with Gasteiger partial charge in [-0.1, -0.05) is 31.3 Å². The Kier molecular flexibility index (Phi) is 6.74. The highest BCUT2D eigenvalue weighted by molar-refractivity contribution is 7.15. The summed E-state index contributed by atoms with van der Waals surface area (Å²) >= 11 is 1.28. The molecular formula is C25H27N5O3S. The number of aryl methyl sites for hydroxylation is 2. The van der Waals surface area contributed by atoms with Gasteiger partial charge in [-0.2, -0.15) is 0 Å². The number of amides is 3. The Morgan fingerprint density at radius 2 is 1.76 bits per heavy atom. The van der Waals surface area contributed by atoms with Crippen LogP contribution in [-0.4, -0.2) is 34.5 Å². The average molecular weight is 478 g/mol. The zero-order chi connectivity index (χ0) is 24.4. The molecule has 1 saturated heterocycles. The molecule has 0 bridgehead atoms. The van der Waals surface area contributed by atoms with Crippen molar-refractivity contribution in [1.82, 2.24) is 10.2 Å². The van der Waals surface area contributed by atoms with Crippen molar-refractivity contribution in [3.05, 3.63) is 64.2 Å². The molecule has 34 heavy (non-hydrogen) atoms. The lowest BCUT2D eigenvalue weighted by Gasteiger charge is -2.17. The summed E-state index contributed by atoms with van der Waals surface area (Å²) in [5.74, 6) is -0.540. The number of benzene rings is 2. The van der Waals surface area contributed by atoms with E-state index in [1.807, 2.05) is 45.9 Å². The fraction of sp³-hybridized carbons (Fsp3) is 0.320. The predicted octanol–water partition coefficient (Wildman–Crippen LogP) is 4.52. The number of nitrogens with zero attached hydrogens (tertiary/aromatic N) is 3. The maximum absolute atomic E-state index is 12.6. The molecule has 8 nitrogen and oxygen atoms in total. The monoisotopic (exact) mass is 477 g/mol. The minimum atomic E-state index is -0.316. The van der Waals surface area contributed by atoms with Gasteiger partial charge in [-0.15, -0.1) is 10.2 Å². The highest BCUT2D eigenvalue weighted by Gasteiger charge is 2.34. The van der Waals surface area contributed by atoms with Crippen LogP contribution < -0.4 is 15.5 Å². The van der Waals surface area contributed by atoms with Gasteiger partial charge in [-0.25, -0.2) is 0 Å². The summed E-state index contributed by atoms with van der Waals surface area (Å²) in [5, 5.41) is 15.0. The van der Waals surface area contributed by atoms with Crippen molar-refractivity contribution in [1.29, 1.82) is 0 Å². The Morgan fingerprint density at radius 3 is 2.44 bits per heavy atom. The molecule has 2 heterocycles. The lowest BCUT2D eigenvalue weighted by molar-refractivity contribution is -0.119. The summed E-state index contributed by atoms with van der Waals surface area (Å²) in [5.41, 5.74) is 4.29. The average Bonchev–Trinajstić information content (AvgIpc) is 3.42. The van der Waals surface area contributed by atoms with E-state index in [-0.39, 0.29) is 29.6 Å². The second-order valence-electron chi connectivity index (χ2n) is 8.79. The standard InChI is InChI=1S/C25H27N5O3S/c1-14(2)22(32)26-19-8-6-17(7-9-19)23(33)27-25-29-28-24(34-25)18-12-21(31)30(13-18)20-10-5-15(3)16(4)11-20/h5-11,14,18H,12-13H2,1-4H3,(H,26,32)(H,27,29,33)/t18-/m1/s1. The van der Waals surface area contributed by atoms with Gasteiger partial charge in [0.25, 0.3) is 5.91 Å². The van der Waals surface area contributed by atoms with Crippen LogP contribution >= 0.6 is 11.3 Å². The Balaban J connectivity index is 1.39. The van der Waals surface area contributed by atoms with Crippen molar-refractivity contribution in [3.63, 3.8) is 0 Å². The van der Waals surface area contributed by atoms with Gasteiger partial charge in [0.05, 0.1) is 0 Å². The first-order valence-electron chi connectivity index (χ1n) is 11.1. The minimum absolute atomic E-state index is 0.0543. The lowest BCUT2D eigenvalue weighted by atomic mass is 10.1. The summed E-state index contributed by atoms with van der Waals surface area (Å²) in [7, 11) is 0. The van der Waals surface area contributed by atoms with Crippen LogP contribution in [0, 0.1) is 19.8 Å². The van der Waals surface area contributed by atoms with E-state index in [4.69, 9.17) is 0 Å². The van der Waals surface area contributed by atoms with Gasteiger partial charge in [0, 0.05) is 41.7 Å². The Labute approximate surface area is 202 Å². The van der Waals surface area contributed by atoms with Gasteiger partial charge in [-0.3, -0.25) is 19.7 Å². The largest absolute Gasteiger partial charge is 0.326 e. The van der Waals surface area contributed by atoms with Crippen LogP contribution in [0.1, 0.15) is 52.7 Å². The number of hydrogen-bond donors (Lipinski definition) is 2. The highest BCUT2D eigenvalue weighted by atomic mass is 32.1. The third-order valence-electron chi connectivity index (χ3n) is 5.88. The zero-order valence-corrected chi connectivity index (χ0v) is 20.4. The molecule has 1 aromatic heterocycles. The van der Waals surface area contributed by atoms with Gasteiger partial charge in [0.1, 0.15) is 5.01 Å². The van der Waals surface area contributed by atoms with E-state index in [0.29, 0.717) is 29.3 Å². The van der Waals surface area contributed by atoms with E-state index in [1.165, 1.54) is 16.9 Å². The molecule has 4 rings (SSSR count). The molecule has 1 aliphatic heterocycles. The topological polar surface area (TPSA) is 104 Å². The molecule has 176 valence electrons. The fourth-order valence-corrected chi connectivity index (χ4v) is 4.46. The third kappa shape index (κ3) is 5.14. The van der Waals surface area contributed by atoms with Gasteiger partial charge in [0.15, 0.2) is 0 Å². The van der Waals surface area contributed by atoms with Crippen LogP contribution in [0.25, 0.3) is 0 Å². The summed E-state index contributed by atoms with van der Waals surface area (Å²) in [6, 6.07) is 12.7. The van der Waals surface area contributed by atoms with Crippen LogP contribution in [0.15, 0.2) is 42.5 Å². The quantitative estimate of drug-likeness (QED) is 0.543. The molecule has 0 aliphatic carbocycles. The molecule has 2 aromatic carbocycles. The first-order chi connectivity index (χ1) is 16.2. The molecule has 0 radical (unpaired) electrons. The van der Waals surface area contributed by atoms with Crippen molar-refractivity contribution in [3.8, 4) is 0 Å². The van der Waals surface area contributed by atoms with Crippen molar-refractivity contribution >= 4 is 45.6 Å². The van der Waals surface area contributed by atoms with Gasteiger partial charge in [-0.05, 0) is 61.4 Å². The zero-order valence-electron chi connectivity index (χ0n) is 19.6. The van der Waals surface area contributed by atoms with E-state index in [9.17, 15) is 14.4 Å². The Bertz CT molecular complexity index is 1240. The molecule has 3 aromatic rings. The number of hydrogen-bond acceptors (Lipinski definition) is 6. The minimum Gasteiger partial charge on any atom is -0.326 e. The van der Waals surface area contributed by atoms with E-state index in [1.54, 1.807) is 29.2 Å². The first kappa shape index (κ1) is 23.6. The molecule has 9 heteroatoms. The normalized spacial score (nSPS) is 15.6. The SMILES string of the molecule is Cc1ccc(N2C[C@H](c3nnc(NC(=O)c4ccc(NC(=O)C(C)C)cc4)s3)CC2=O)cc1C. The molecule has 2 N–H and O–H groups in total. The second kappa shape index (κ2) is 9.72. The number of nitrogens with one attached hydrogen (secondary N) is 2. The second-order valence-corrected chi connectivity index (χ2v) is 9.80. The van der Waals surface area contributed by atoms with E-state index >= 15 is 0 Å². The number of aromatic nitrogens is 2. The maximum Gasteiger partial charge on any atom is 0.257 e. The van der Waals surface area contributed by atoms with E-state index in [2.05, 4.69) is 20.8 Å². The molecule has 0 unspecified atom stereocenters. The van der Waals surface area contributed by atoms with Crippen LogP contribution in [0.3, 0.4) is 0 Å². The van der Waals surface area contributed by atoms with Crippen molar-refractivity contribution in [2.45, 2.75) is 40.0 Å². The molecule has 1 aliphatic rings. The van der Waals surface area contributed by atoms with Crippen LogP contribution in [0.2, 0.25) is 0 Å². The highest BCUT2D eigenvalue weighted by Crippen LogP contribution is 2.34. The summed E-state index contributed by atoms with van der Waals surface area (Å²) < 4.78 is 0. The van der Waals surface area contributed by atoms with Crippen molar-refractivity contribution in [2.75, 3.05) is 22.1 Å². The number of anilines is 3. The summed E-state index contributed by atoms with van der Waals surface area (Å²) in [4.78, 5) is 38.8. The lowest BCUT2D eigenvalue weighted by Crippen LogP contribution is -2.24. The van der Waals surface area contributed by atoms with Crippen LogP contribution in [0.4, 0.5) is 16.5 Å². The maximum atomic E-state index is 12.6. The molecule has 0 spiro atoms. The van der Waals surface area contributed by atoms with Crippen LogP contribution in [-0.2, 0) is 9.59 Å². The third-order valence-corrected chi connectivity index (χ3v) is 6.88. The van der Waals surface area contributed by atoms with E-state index < -0.39 is 0 Å². The smallest absolute Gasteiger partial charge is 0.257 e. The van der Waals surface area contributed by atoms with Gasteiger partial charge >= 0.3 is 0 Å². The van der Waals surface area contributed by atoms with E-state index in [0.717, 1.165) is 16.3 Å². The van der Waals surface area contributed by atoms with Crippen molar-refractivity contribution < 1.29 is 14.4 Å². The first-order valence-corrected chi connectivity index (χ1v) is 12.0. The molecule has 1 atom stereocenters. The fourth-order valence-electron chi connectivity index (χ4n) is 3.63. The number of carbonyl (C=O) groups is 3. The summed E-state index contributed by atoms with van der Waals surface area (Å²) in [6.07, 6.45) is 0.360. The predicted molar refractivity (Wildman–Crippen MR) is 133 cm³/mol. The van der Waals surface area contributed by atoms with Gasteiger partial charge < -0.3 is 10.2 Å². The molecule has 0 saturated carbocycles. The molecular weight excluding hydrogens is 450 g/mol. The number of rotatable bonds is 6. The molecule has 3 amide bonds. The Hall–Kier alpha value is -3.59. The van der Waals surface area contributed by atoms with Crippen LogP contribution in [0.5, 0.6) is 0 Å².